The number of halogens is 4. The van der Waals surface area contributed by atoms with Gasteiger partial charge in [0.15, 0.2) is 11.5 Å². The molecule has 138 valence electrons. The van der Waals surface area contributed by atoms with Gasteiger partial charge >= 0.3 is 0 Å². The Kier molecular flexibility index (Phi) is 3.49. The van der Waals surface area contributed by atoms with Gasteiger partial charge in [0, 0.05) is 40.5 Å². The predicted octanol–water partition coefficient (Wildman–Crippen LogP) is 4.22. The molecule has 0 saturated heterocycles. The molecular formula is C18H13ClF3N5. The average Bonchev–Trinajstić information content (AvgIpc) is 3.07. The minimum atomic E-state index is -2.55. The predicted molar refractivity (Wildman–Crippen MR) is 93.7 cm³/mol. The fourth-order valence-corrected chi connectivity index (χ4v) is 3.95. The highest BCUT2D eigenvalue weighted by atomic mass is 35.5. The summed E-state index contributed by atoms with van der Waals surface area (Å²) in [6.07, 6.45) is 3.65. The Bertz CT molecular complexity index is 1180. The lowest BCUT2D eigenvalue weighted by Gasteiger charge is -2.18. The maximum atomic E-state index is 15.3. The summed E-state index contributed by atoms with van der Waals surface area (Å²) in [4.78, 5) is 4.34. The first-order valence-electron chi connectivity index (χ1n) is 8.43. The third-order valence-electron chi connectivity index (χ3n) is 5.10. The lowest BCUT2D eigenvalue weighted by molar-refractivity contribution is 0.122. The van der Waals surface area contributed by atoms with Gasteiger partial charge < -0.3 is 0 Å². The lowest BCUT2D eigenvalue weighted by Crippen LogP contribution is -2.14. The molecule has 0 aliphatic heterocycles. The molecule has 4 aromatic rings. The minimum absolute atomic E-state index is 0.0962. The van der Waals surface area contributed by atoms with Gasteiger partial charge in [0.25, 0.3) is 6.43 Å². The van der Waals surface area contributed by atoms with Crippen LogP contribution in [0.3, 0.4) is 0 Å². The fourth-order valence-electron chi connectivity index (χ4n) is 3.75. The molecule has 9 heteroatoms. The van der Waals surface area contributed by atoms with Crippen molar-refractivity contribution in [1.29, 1.82) is 0 Å². The first kappa shape index (κ1) is 16.6. The van der Waals surface area contributed by atoms with E-state index in [9.17, 15) is 8.78 Å². The van der Waals surface area contributed by atoms with Crippen molar-refractivity contribution in [1.82, 2.24) is 24.4 Å². The van der Waals surface area contributed by atoms with Crippen molar-refractivity contribution in [2.24, 2.45) is 0 Å². The maximum absolute atomic E-state index is 15.3. The number of hydrogen-bond acceptors (Lipinski definition) is 3. The number of alkyl halides is 2. The molecule has 0 radical (unpaired) electrons. The Hall–Kier alpha value is -2.61. The number of hydrogen-bond donors (Lipinski definition) is 0. The van der Waals surface area contributed by atoms with Crippen molar-refractivity contribution in [2.45, 2.75) is 31.2 Å². The van der Waals surface area contributed by atoms with Gasteiger partial charge in [-0.1, -0.05) is 23.7 Å². The Balaban J connectivity index is 1.68. The van der Waals surface area contributed by atoms with Crippen LogP contribution in [-0.2, 0) is 12.0 Å². The topological polar surface area (TPSA) is 48.0 Å². The van der Waals surface area contributed by atoms with Crippen LogP contribution in [0.1, 0.15) is 24.0 Å². The summed E-state index contributed by atoms with van der Waals surface area (Å²) in [5, 5.41) is 8.98. The second-order valence-electron chi connectivity index (χ2n) is 6.77. The maximum Gasteiger partial charge on any atom is 0.257 e. The Morgan fingerprint density at radius 3 is 2.74 bits per heavy atom. The SMILES string of the molecule is Fc1c(C2(c3cc(Cl)nn4ccnc34)CC2)ccc2cn(CC(F)F)nc12. The van der Waals surface area contributed by atoms with E-state index in [1.165, 1.54) is 6.20 Å². The average molecular weight is 392 g/mol. The number of fused-ring (bicyclic) bond motifs is 2. The van der Waals surface area contributed by atoms with Crippen molar-refractivity contribution < 1.29 is 13.2 Å². The van der Waals surface area contributed by atoms with E-state index < -0.39 is 24.2 Å². The van der Waals surface area contributed by atoms with E-state index in [1.54, 1.807) is 35.1 Å². The minimum Gasteiger partial charge on any atom is -0.266 e. The molecule has 5 rings (SSSR count). The molecule has 1 aliphatic rings. The first-order chi connectivity index (χ1) is 13.0. The smallest absolute Gasteiger partial charge is 0.257 e. The van der Waals surface area contributed by atoms with Crippen LogP contribution in [0.4, 0.5) is 13.2 Å². The van der Waals surface area contributed by atoms with Crippen LogP contribution in [-0.4, -0.2) is 30.8 Å². The van der Waals surface area contributed by atoms with Gasteiger partial charge in [0.05, 0.1) is 0 Å². The molecule has 1 aliphatic carbocycles. The van der Waals surface area contributed by atoms with Gasteiger partial charge in [0.2, 0.25) is 0 Å². The van der Waals surface area contributed by atoms with Crippen LogP contribution in [0.2, 0.25) is 5.15 Å². The summed E-state index contributed by atoms with van der Waals surface area (Å²) in [5.41, 5.74) is 1.44. The van der Waals surface area contributed by atoms with Gasteiger partial charge in [-0.05, 0) is 18.9 Å². The molecule has 0 bridgehead atoms. The fraction of sp³-hybridized carbons (Fsp3) is 0.278. The summed E-state index contributed by atoms with van der Waals surface area (Å²) in [6.45, 7) is -0.566. The van der Waals surface area contributed by atoms with E-state index in [0.717, 1.165) is 23.1 Å². The third kappa shape index (κ3) is 2.50. The highest BCUT2D eigenvalue weighted by Gasteiger charge is 2.49. The van der Waals surface area contributed by atoms with E-state index in [4.69, 9.17) is 11.6 Å². The molecule has 0 N–H and O–H groups in total. The van der Waals surface area contributed by atoms with E-state index in [1.807, 2.05) is 0 Å². The quantitative estimate of drug-likeness (QED) is 0.523. The molecule has 3 aromatic heterocycles. The van der Waals surface area contributed by atoms with Crippen LogP contribution < -0.4 is 0 Å². The van der Waals surface area contributed by atoms with Gasteiger partial charge in [-0.15, -0.1) is 0 Å². The molecule has 1 aromatic carbocycles. The molecular weight excluding hydrogens is 379 g/mol. The molecule has 0 spiro atoms. The monoisotopic (exact) mass is 391 g/mol. The Labute approximate surface area is 156 Å². The number of rotatable bonds is 4. The molecule has 1 saturated carbocycles. The van der Waals surface area contributed by atoms with Crippen molar-refractivity contribution in [3.05, 3.63) is 58.9 Å². The molecule has 3 heterocycles. The van der Waals surface area contributed by atoms with Crippen LogP contribution in [0.5, 0.6) is 0 Å². The molecule has 27 heavy (non-hydrogen) atoms. The molecule has 0 atom stereocenters. The van der Waals surface area contributed by atoms with Crippen LogP contribution in [0.15, 0.2) is 36.8 Å². The van der Waals surface area contributed by atoms with E-state index in [2.05, 4.69) is 15.2 Å². The zero-order valence-electron chi connectivity index (χ0n) is 13.9. The van der Waals surface area contributed by atoms with Gasteiger partial charge in [-0.25, -0.2) is 22.7 Å². The van der Waals surface area contributed by atoms with Gasteiger partial charge in [0.1, 0.15) is 17.2 Å². The van der Waals surface area contributed by atoms with Crippen molar-refractivity contribution in [3.8, 4) is 0 Å². The summed E-state index contributed by atoms with van der Waals surface area (Å²) < 4.78 is 43.2. The molecule has 1 fully saturated rings. The summed E-state index contributed by atoms with van der Waals surface area (Å²) >= 11 is 6.15. The second-order valence-corrected chi connectivity index (χ2v) is 7.15. The van der Waals surface area contributed by atoms with Crippen LogP contribution >= 0.6 is 11.6 Å². The largest absolute Gasteiger partial charge is 0.266 e. The zero-order chi connectivity index (χ0) is 18.8. The number of benzene rings is 1. The van der Waals surface area contributed by atoms with Crippen molar-refractivity contribution in [2.75, 3.05) is 0 Å². The van der Waals surface area contributed by atoms with Gasteiger partial charge in [-0.3, -0.25) is 4.68 Å². The van der Waals surface area contributed by atoms with E-state index >= 15 is 4.39 Å². The van der Waals surface area contributed by atoms with E-state index in [-0.39, 0.29) is 5.52 Å². The normalized spacial score (nSPS) is 15.9. The first-order valence-corrected chi connectivity index (χ1v) is 8.80. The summed E-state index contributed by atoms with van der Waals surface area (Å²) in [5.74, 6) is -0.490. The summed E-state index contributed by atoms with van der Waals surface area (Å²) in [6, 6.07) is 5.14. The number of imidazole rings is 1. The molecule has 5 nitrogen and oxygen atoms in total. The second kappa shape index (κ2) is 5.69. The Morgan fingerprint density at radius 2 is 2.00 bits per heavy atom. The molecule has 0 unspecified atom stereocenters. The summed E-state index contributed by atoms with van der Waals surface area (Å²) in [7, 11) is 0. The van der Waals surface area contributed by atoms with Crippen LogP contribution in [0, 0.1) is 5.82 Å². The molecule has 0 amide bonds. The zero-order valence-corrected chi connectivity index (χ0v) is 14.7. The highest BCUT2D eigenvalue weighted by molar-refractivity contribution is 6.29. The van der Waals surface area contributed by atoms with Crippen molar-refractivity contribution >= 4 is 28.2 Å². The standard InChI is InChI=1S/C18H13ClF3N5/c19-13-7-12(17-23-5-6-27(17)24-13)18(3-4-18)11-2-1-10-8-26(9-14(20)21)25-16(10)15(11)22/h1-2,5-8,14H,3-4,9H2. The highest BCUT2D eigenvalue weighted by Crippen LogP contribution is 2.55. The van der Waals surface area contributed by atoms with Crippen molar-refractivity contribution in [3.63, 3.8) is 0 Å². The van der Waals surface area contributed by atoms with Crippen LogP contribution in [0.25, 0.3) is 16.6 Å². The van der Waals surface area contributed by atoms with Gasteiger partial charge in [-0.2, -0.15) is 10.2 Å². The third-order valence-corrected chi connectivity index (χ3v) is 5.28. The Morgan fingerprint density at radius 1 is 1.19 bits per heavy atom. The number of aromatic nitrogens is 5. The lowest BCUT2D eigenvalue weighted by atomic mass is 9.88. The van der Waals surface area contributed by atoms with E-state index in [0.29, 0.717) is 21.7 Å². The number of nitrogens with zero attached hydrogens (tertiary/aromatic N) is 5.